The lowest BCUT2D eigenvalue weighted by Crippen LogP contribution is -2.26. The molecule has 1 aliphatic rings. The zero-order valence-electron chi connectivity index (χ0n) is 21.4. The average Bonchev–Trinajstić information content (AvgIpc) is 2.89. The van der Waals surface area contributed by atoms with E-state index < -0.39 is 36.3 Å². The second kappa shape index (κ2) is 15.8. The second-order valence-electron chi connectivity index (χ2n) is 8.06. The topological polar surface area (TPSA) is 153 Å². The third-order valence-corrected chi connectivity index (χ3v) is 5.28. The molecule has 2 rings (SSSR count). The van der Waals surface area contributed by atoms with Crippen LogP contribution in [0.1, 0.15) is 35.7 Å². The third-order valence-electron chi connectivity index (χ3n) is 5.28. The number of carbonyl (C=O) groups excluding carboxylic acids is 3. The first-order chi connectivity index (χ1) is 18.2. The van der Waals surface area contributed by atoms with Gasteiger partial charge in [-0.2, -0.15) is 0 Å². The molecule has 3 N–H and O–H groups in total. The SMILES string of the molecule is CO/N=C/C=C\C(=O)N/C=C/CC1CC(=O)OC(OC)/C=C/C(O)/C(C)=C\Cc2cccc(O)c2C(=O)O1. The number of ether oxygens (including phenoxy) is 3. The number of allylic oxidation sites excluding steroid dienone is 2. The number of phenolic OH excluding ortho intramolecular Hbond substituents is 1. The molecule has 0 aliphatic carbocycles. The van der Waals surface area contributed by atoms with E-state index in [4.69, 9.17) is 14.2 Å². The van der Waals surface area contributed by atoms with E-state index in [1.807, 2.05) is 0 Å². The van der Waals surface area contributed by atoms with Gasteiger partial charge in [0.25, 0.3) is 0 Å². The maximum Gasteiger partial charge on any atom is 0.342 e. The van der Waals surface area contributed by atoms with Crippen molar-refractivity contribution in [1.29, 1.82) is 0 Å². The quantitative estimate of drug-likeness (QED) is 0.159. The van der Waals surface area contributed by atoms with Crippen molar-refractivity contribution in [2.75, 3.05) is 14.2 Å². The number of fused-ring (bicyclic) bond motifs is 1. The molecule has 11 nitrogen and oxygen atoms in total. The number of aromatic hydroxyl groups is 1. The molecule has 1 aromatic rings. The van der Waals surface area contributed by atoms with Crippen LogP contribution < -0.4 is 5.32 Å². The number of amides is 1. The first-order valence-electron chi connectivity index (χ1n) is 11.7. The maximum atomic E-state index is 13.1. The molecule has 1 amide bonds. The van der Waals surface area contributed by atoms with Crippen molar-refractivity contribution in [3.05, 3.63) is 77.6 Å². The first-order valence-corrected chi connectivity index (χ1v) is 11.7. The van der Waals surface area contributed by atoms with Crippen LogP contribution in [0, 0.1) is 0 Å². The van der Waals surface area contributed by atoms with E-state index in [0.717, 1.165) is 0 Å². The van der Waals surface area contributed by atoms with E-state index >= 15 is 0 Å². The smallest absolute Gasteiger partial charge is 0.342 e. The Balaban J connectivity index is 2.28. The highest BCUT2D eigenvalue weighted by Crippen LogP contribution is 2.25. The van der Waals surface area contributed by atoms with E-state index in [1.54, 1.807) is 25.1 Å². The molecule has 0 saturated heterocycles. The van der Waals surface area contributed by atoms with Crippen LogP contribution >= 0.6 is 0 Å². The second-order valence-corrected chi connectivity index (χ2v) is 8.06. The number of oxime groups is 1. The zero-order chi connectivity index (χ0) is 27.9. The monoisotopic (exact) mass is 528 g/mol. The van der Waals surface area contributed by atoms with Crippen molar-refractivity contribution in [3.63, 3.8) is 0 Å². The van der Waals surface area contributed by atoms with Crippen molar-refractivity contribution in [2.24, 2.45) is 5.16 Å². The van der Waals surface area contributed by atoms with E-state index in [1.165, 1.54) is 63.1 Å². The first kappa shape index (κ1) is 30.0. The van der Waals surface area contributed by atoms with Crippen LogP contribution in [0.15, 0.2) is 71.6 Å². The van der Waals surface area contributed by atoms with Crippen molar-refractivity contribution in [2.45, 2.75) is 44.7 Å². The van der Waals surface area contributed by atoms with Crippen molar-refractivity contribution in [3.8, 4) is 5.75 Å². The van der Waals surface area contributed by atoms with Gasteiger partial charge < -0.3 is 34.6 Å². The van der Waals surface area contributed by atoms with Gasteiger partial charge in [0.2, 0.25) is 12.2 Å². The summed E-state index contributed by atoms with van der Waals surface area (Å²) in [7, 11) is 2.71. The number of benzene rings is 1. The minimum atomic E-state index is -1.07. The maximum absolute atomic E-state index is 13.1. The lowest BCUT2D eigenvalue weighted by molar-refractivity contribution is -0.167. The van der Waals surface area contributed by atoms with Crippen LogP contribution in [0.25, 0.3) is 0 Å². The fraction of sp³-hybridized carbons (Fsp3) is 0.333. The summed E-state index contributed by atoms with van der Waals surface area (Å²) in [5.41, 5.74) is 0.999. The molecule has 0 saturated carbocycles. The van der Waals surface area contributed by atoms with E-state index in [9.17, 15) is 24.6 Å². The van der Waals surface area contributed by atoms with Gasteiger partial charge in [0, 0.05) is 25.8 Å². The highest BCUT2D eigenvalue weighted by atomic mass is 16.7. The molecular formula is C27H32N2O9. The Morgan fingerprint density at radius 3 is 2.76 bits per heavy atom. The third kappa shape index (κ3) is 10.0. The van der Waals surface area contributed by atoms with Gasteiger partial charge in [-0.05, 0) is 48.8 Å². The van der Waals surface area contributed by atoms with E-state index in [2.05, 4.69) is 15.3 Å². The van der Waals surface area contributed by atoms with Crippen LogP contribution in [0.2, 0.25) is 0 Å². The summed E-state index contributed by atoms with van der Waals surface area (Å²) in [6.45, 7) is 1.70. The number of nitrogens with one attached hydrogen (secondary N) is 1. The highest BCUT2D eigenvalue weighted by molar-refractivity contribution is 5.94. The molecule has 204 valence electrons. The Morgan fingerprint density at radius 1 is 1.24 bits per heavy atom. The van der Waals surface area contributed by atoms with Gasteiger partial charge in [-0.3, -0.25) is 9.59 Å². The Kier molecular flexibility index (Phi) is 12.5. The van der Waals surface area contributed by atoms with Gasteiger partial charge >= 0.3 is 11.9 Å². The molecule has 1 aromatic carbocycles. The normalized spacial score (nSPS) is 23.6. The lowest BCUT2D eigenvalue weighted by atomic mass is 10.0. The summed E-state index contributed by atoms with van der Waals surface area (Å²) in [5.74, 6) is -2.29. The molecule has 1 aliphatic heterocycles. The molecule has 3 unspecified atom stereocenters. The molecule has 1 heterocycles. The van der Waals surface area contributed by atoms with Gasteiger partial charge in [-0.25, -0.2) is 4.79 Å². The lowest BCUT2D eigenvalue weighted by Gasteiger charge is -2.19. The van der Waals surface area contributed by atoms with Gasteiger partial charge in [-0.15, -0.1) is 0 Å². The van der Waals surface area contributed by atoms with Crippen molar-refractivity contribution < 1.29 is 43.6 Å². The molecule has 3 atom stereocenters. The molecular weight excluding hydrogens is 496 g/mol. The molecule has 0 radical (unpaired) electrons. The van der Waals surface area contributed by atoms with Crippen LogP contribution in [-0.2, 0) is 35.1 Å². The Labute approximate surface area is 220 Å². The van der Waals surface area contributed by atoms with Crippen LogP contribution in [0.4, 0.5) is 0 Å². The van der Waals surface area contributed by atoms with Crippen molar-refractivity contribution in [1.82, 2.24) is 5.32 Å². The highest BCUT2D eigenvalue weighted by Gasteiger charge is 2.25. The predicted molar refractivity (Wildman–Crippen MR) is 138 cm³/mol. The van der Waals surface area contributed by atoms with Gasteiger partial charge in [0.15, 0.2) is 0 Å². The van der Waals surface area contributed by atoms with Crippen LogP contribution in [-0.4, -0.2) is 67.0 Å². The fourth-order valence-corrected chi connectivity index (χ4v) is 3.28. The number of aliphatic hydroxyl groups is 1. The minimum Gasteiger partial charge on any atom is -0.507 e. The van der Waals surface area contributed by atoms with E-state index in [0.29, 0.717) is 11.1 Å². The number of cyclic esters (lactones) is 2. The zero-order valence-corrected chi connectivity index (χ0v) is 21.4. The number of methoxy groups -OCH3 is 1. The fourth-order valence-electron chi connectivity index (χ4n) is 3.28. The summed E-state index contributed by atoms with van der Waals surface area (Å²) in [6.07, 6.45) is 8.18. The largest absolute Gasteiger partial charge is 0.507 e. The summed E-state index contributed by atoms with van der Waals surface area (Å²) in [4.78, 5) is 42.0. The molecule has 0 aromatic heterocycles. The summed E-state index contributed by atoms with van der Waals surface area (Å²) in [6, 6.07) is 4.61. The van der Waals surface area contributed by atoms with Crippen LogP contribution in [0.5, 0.6) is 5.75 Å². The van der Waals surface area contributed by atoms with Gasteiger partial charge in [0.1, 0.15) is 24.5 Å². The standard InChI is InChI=1S/C27H32N2O9/c1-18-11-12-19-7-4-9-22(31)26(19)27(34)37-20(8-5-15-28-23(32)10-6-16-29-36-3)17-24(33)38-25(35-2)14-13-21(18)30/h4-7,9-11,13-16,20-21,25,30-31H,8,12,17H2,1-3H3,(H,28,32)/b10-6-,14-13+,15-5+,18-11-,29-16+. The number of rotatable bonds is 7. The average molecular weight is 529 g/mol. The van der Waals surface area contributed by atoms with Gasteiger partial charge in [-0.1, -0.05) is 29.4 Å². The van der Waals surface area contributed by atoms with E-state index in [-0.39, 0.29) is 30.6 Å². The summed E-state index contributed by atoms with van der Waals surface area (Å²) in [5, 5.41) is 26.8. The molecule has 11 heteroatoms. The number of phenols is 1. The molecule has 0 spiro atoms. The molecule has 0 fully saturated rings. The Morgan fingerprint density at radius 2 is 2.03 bits per heavy atom. The number of esters is 2. The van der Waals surface area contributed by atoms with Crippen molar-refractivity contribution >= 4 is 24.1 Å². The van der Waals surface area contributed by atoms with Crippen LogP contribution in [0.3, 0.4) is 0 Å². The number of hydrogen-bond donors (Lipinski definition) is 3. The summed E-state index contributed by atoms with van der Waals surface area (Å²) >= 11 is 0. The minimum absolute atomic E-state index is 0.0457. The number of carbonyl (C=O) groups is 3. The molecule has 38 heavy (non-hydrogen) atoms. The number of hydrogen-bond acceptors (Lipinski definition) is 10. The number of nitrogens with zero attached hydrogens (tertiary/aromatic N) is 1. The van der Waals surface area contributed by atoms with Gasteiger partial charge in [0.05, 0.1) is 18.7 Å². The summed E-state index contributed by atoms with van der Waals surface area (Å²) < 4.78 is 16.0. The Hall–Kier alpha value is -4.22. The molecule has 0 bridgehead atoms. The predicted octanol–water partition coefficient (Wildman–Crippen LogP) is 2.45. The Bertz CT molecular complexity index is 1120. The number of aliphatic hydroxyl groups excluding tert-OH is 1.